The first-order chi connectivity index (χ1) is 8.61. The van der Waals surface area contributed by atoms with Crippen molar-refractivity contribution < 1.29 is 9.59 Å². The zero-order chi connectivity index (χ0) is 13.4. The van der Waals surface area contributed by atoms with E-state index < -0.39 is 0 Å². The van der Waals surface area contributed by atoms with Crippen LogP contribution in [0.3, 0.4) is 0 Å². The molecule has 18 heavy (non-hydrogen) atoms. The minimum atomic E-state index is 0.0390. The molecule has 0 heterocycles. The fourth-order valence-electron chi connectivity index (χ4n) is 1.38. The lowest BCUT2D eigenvalue weighted by Crippen LogP contribution is -2.26. The Morgan fingerprint density at radius 1 is 1.44 bits per heavy atom. The smallest absolute Gasteiger partial charge is 0.230 e. The number of hydrogen-bond acceptors (Lipinski definition) is 3. The van der Waals surface area contributed by atoms with Gasteiger partial charge in [-0.25, -0.2) is 0 Å². The van der Waals surface area contributed by atoms with E-state index in [0.29, 0.717) is 17.2 Å². The molecule has 0 radical (unpaired) electrons. The van der Waals surface area contributed by atoms with E-state index in [2.05, 4.69) is 19.2 Å². The zero-order valence-electron chi connectivity index (χ0n) is 10.8. The summed E-state index contributed by atoms with van der Waals surface area (Å²) >= 11 is 1.45. The molecular weight excluding hydrogens is 246 g/mol. The van der Waals surface area contributed by atoms with Crippen LogP contribution in [0.2, 0.25) is 0 Å². The molecule has 0 bridgehead atoms. The van der Waals surface area contributed by atoms with Crippen molar-refractivity contribution in [2.45, 2.75) is 25.2 Å². The van der Waals surface area contributed by atoms with Crippen LogP contribution in [0.4, 0.5) is 0 Å². The second kappa shape index (κ2) is 7.93. The van der Waals surface area contributed by atoms with Crippen molar-refractivity contribution in [3.8, 4) is 0 Å². The molecule has 1 amide bonds. The first-order valence-electron chi connectivity index (χ1n) is 6.06. The van der Waals surface area contributed by atoms with Gasteiger partial charge in [-0.05, 0) is 24.5 Å². The van der Waals surface area contributed by atoms with Crippen molar-refractivity contribution in [2.24, 2.45) is 5.92 Å². The van der Waals surface area contributed by atoms with Crippen molar-refractivity contribution in [3.05, 3.63) is 29.8 Å². The predicted octanol–water partition coefficient (Wildman–Crippen LogP) is 2.75. The van der Waals surface area contributed by atoms with Gasteiger partial charge < -0.3 is 5.32 Å². The molecule has 4 heteroatoms. The lowest BCUT2D eigenvalue weighted by Gasteiger charge is -2.07. The topological polar surface area (TPSA) is 46.2 Å². The summed E-state index contributed by atoms with van der Waals surface area (Å²) < 4.78 is 0. The number of hydrogen-bond donors (Lipinski definition) is 1. The van der Waals surface area contributed by atoms with E-state index in [4.69, 9.17) is 0 Å². The fourth-order valence-corrected chi connectivity index (χ4v) is 2.17. The number of carbonyl (C=O) groups excluding carboxylic acids is 2. The number of nitrogens with one attached hydrogen (secondary N) is 1. The highest BCUT2D eigenvalue weighted by Gasteiger charge is 2.03. The van der Waals surface area contributed by atoms with Gasteiger partial charge in [0.05, 0.1) is 5.75 Å². The van der Waals surface area contributed by atoms with Gasteiger partial charge in [-0.2, -0.15) is 0 Å². The van der Waals surface area contributed by atoms with Crippen LogP contribution in [0.25, 0.3) is 0 Å². The molecule has 0 aliphatic rings. The molecule has 0 spiro atoms. The van der Waals surface area contributed by atoms with E-state index in [9.17, 15) is 9.59 Å². The number of carbonyl (C=O) groups is 2. The van der Waals surface area contributed by atoms with E-state index in [0.717, 1.165) is 24.1 Å². The van der Waals surface area contributed by atoms with E-state index in [1.54, 1.807) is 12.1 Å². The number of amides is 1. The minimum absolute atomic E-state index is 0.0390. The SMILES string of the molecule is CC(C)CCNC(=O)CSc1cccc(C=O)c1. The van der Waals surface area contributed by atoms with Gasteiger partial charge >= 0.3 is 0 Å². The molecule has 1 aromatic rings. The van der Waals surface area contributed by atoms with Crippen LogP contribution in [-0.2, 0) is 4.79 Å². The van der Waals surface area contributed by atoms with Gasteiger partial charge in [0.1, 0.15) is 6.29 Å². The maximum Gasteiger partial charge on any atom is 0.230 e. The summed E-state index contributed by atoms with van der Waals surface area (Å²) in [5.74, 6) is 1.03. The van der Waals surface area contributed by atoms with Crippen LogP contribution in [0, 0.1) is 5.92 Å². The average Bonchev–Trinajstić information content (AvgIpc) is 2.36. The highest BCUT2D eigenvalue weighted by Crippen LogP contribution is 2.18. The Labute approximate surface area is 112 Å². The van der Waals surface area contributed by atoms with Gasteiger partial charge in [0.2, 0.25) is 5.91 Å². The molecule has 0 atom stereocenters. The largest absolute Gasteiger partial charge is 0.355 e. The van der Waals surface area contributed by atoms with Gasteiger partial charge in [-0.3, -0.25) is 9.59 Å². The second-order valence-corrected chi connectivity index (χ2v) is 5.56. The summed E-state index contributed by atoms with van der Waals surface area (Å²) in [4.78, 5) is 23.1. The summed E-state index contributed by atoms with van der Waals surface area (Å²) in [5.41, 5.74) is 0.639. The average molecular weight is 265 g/mol. The van der Waals surface area contributed by atoms with Gasteiger partial charge in [0.15, 0.2) is 0 Å². The number of rotatable bonds is 7. The van der Waals surface area contributed by atoms with Crippen molar-refractivity contribution in [3.63, 3.8) is 0 Å². The van der Waals surface area contributed by atoms with E-state index >= 15 is 0 Å². The van der Waals surface area contributed by atoms with Crippen LogP contribution in [0.5, 0.6) is 0 Å². The summed E-state index contributed by atoms with van der Waals surface area (Å²) in [5, 5.41) is 2.88. The Kier molecular flexibility index (Phi) is 6.50. The minimum Gasteiger partial charge on any atom is -0.355 e. The van der Waals surface area contributed by atoms with Crippen LogP contribution in [0.1, 0.15) is 30.6 Å². The highest BCUT2D eigenvalue weighted by molar-refractivity contribution is 8.00. The van der Waals surface area contributed by atoms with Crippen molar-refractivity contribution in [1.29, 1.82) is 0 Å². The Hall–Kier alpha value is -1.29. The maximum absolute atomic E-state index is 11.6. The maximum atomic E-state index is 11.6. The zero-order valence-corrected chi connectivity index (χ0v) is 11.6. The lowest BCUT2D eigenvalue weighted by molar-refractivity contribution is -0.118. The van der Waals surface area contributed by atoms with Gasteiger partial charge in [-0.1, -0.05) is 26.0 Å². The molecular formula is C14H19NO2S. The van der Waals surface area contributed by atoms with E-state index in [-0.39, 0.29) is 5.91 Å². The predicted molar refractivity (Wildman–Crippen MR) is 75.0 cm³/mol. The summed E-state index contributed by atoms with van der Waals surface area (Å²) in [6, 6.07) is 7.26. The van der Waals surface area contributed by atoms with Gasteiger partial charge in [0.25, 0.3) is 0 Å². The molecule has 1 aromatic carbocycles. The van der Waals surface area contributed by atoms with Crippen LogP contribution in [0.15, 0.2) is 29.2 Å². The third kappa shape index (κ3) is 5.87. The van der Waals surface area contributed by atoms with E-state index in [1.807, 2.05) is 12.1 Å². The summed E-state index contributed by atoms with van der Waals surface area (Å²) in [7, 11) is 0. The molecule has 0 aliphatic carbocycles. The number of thioether (sulfide) groups is 1. The lowest BCUT2D eigenvalue weighted by atomic mass is 10.1. The molecule has 0 fully saturated rings. The summed E-state index contributed by atoms with van der Waals surface area (Å²) in [6.07, 6.45) is 1.81. The molecule has 0 saturated carbocycles. The fraction of sp³-hybridized carbons (Fsp3) is 0.429. The third-order valence-electron chi connectivity index (χ3n) is 2.41. The Morgan fingerprint density at radius 2 is 2.22 bits per heavy atom. The van der Waals surface area contributed by atoms with Crippen molar-refractivity contribution in [2.75, 3.05) is 12.3 Å². The van der Waals surface area contributed by atoms with Crippen molar-refractivity contribution >= 4 is 24.0 Å². The Balaban J connectivity index is 2.31. The molecule has 0 aliphatic heterocycles. The molecule has 98 valence electrons. The molecule has 1 N–H and O–H groups in total. The summed E-state index contributed by atoms with van der Waals surface area (Å²) in [6.45, 7) is 4.99. The Bertz CT molecular complexity index is 405. The molecule has 0 aromatic heterocycles. The molecule has 1 rings (SSSR count). The quantitative estimate of drug-likeness (QED) is 0.609. The van der Waals surface area contributed by atoms with Gasteiger partial charge in [0, 0.05) is 17.0 Å². The molecule has 0 saturated heterocycles. The molecule has 3 nitrogen and oxygen atoms in total. The normalized spacial score (nSPS) is 10.4. The van der Waals surface area contributed by atoms with Crippen LogP contribution in [-0.4, -0.2) is 24.5 Å². The van der Waals surface area contributed by atoms with Crippen molar-refractivity contribution in [1.82, 2.24) is 5.32 Å². The first kappa shape index (κ1) is 14.8. The number of benzene rings is 1. The second-order valence-electron chi connectivity index (χ2n) is 4.51. The van der Waals surface area contributed by atoms with Crippen LogP contribution >= 0.6 is 11.8 Å². The monoisotopic (exact) mass is 265 g/mol. The number of aldehydes is 1. The standard InChI is InChI=1S/C14H19NO2S/c1-11(2)6-7-15-14(17)10-18-13-5-3-4-12(8-13)9-16/h3-5,8-9,11H,6-7,10H2,1-2H3,(H,15,17). The van der Waals surface area contributed by atoms with Crippen LogP contribution < -0.4 is 5.32 Å². The third-order valence-corrected chi connectivity index (χ3v) is 3.40. The van der Waals surface area contributed by atoms with E-state index in [1.165, 1.54) is 11.8 Å². The highest BCUT2D eigenvalue weighted by atomic mass is 32.2. The Morgan fingerprint density at radius 3 is 2.89 bits per heavy atom. The molecule has 0 unspecified atom stereocenters. The first-order valence-corrected chi connectivity index (χ1v) is 7.05. The van der Waals surface area contributed by atoms with Gasteiger partial charge in [-0.15, -0.1) is 11.8 Å².